The minimum absolute atomic E-state index is 0.0687. The van der Waals surface area contributed by atoms with Crippen LogP contribution in [-0.4, -0.2) is 97.8 Å². The van der Waals surface area contributed by atoms with E-state index < -0.39 is 46.8 Å². The Labute approximate surface area is 375 Å². The van der Waals surface area contributed by atoms with E-state index in [4.69, 9.17) is 23.2 Å². The maximum atomic E-state index is 13.4. The number of benzene rings is 4. The minimum atomic E-state index is -0.491. The maximum Gasteiger partial charge on any atom is 0.306 e. The average molecular weight is 915 g/mol. The number of hydrogen-bond donors (Lipinski definition) is 5. The van der Waals surface area contributed by atoms with Crippen molar-refractivity contribution in [2.24, 2.45) is 0 Å². The van der Waals surface area contributed by atoms with Crippen molar-refractivity contribution in [1.29, 1.82) is 0 Å². The van der Waals surface area contributed by atoms with Crippen LogP contribution in [0.4, 0.5) is 22.7 Å². The van der Waals surface area contributed by atoms with Gasteiger partial charge in [-0.3, -0.25) is 47.9 Å². The Hall–Kier alpha value is -7.08. The average Bonchev–Trinajstić information content (AvgIpc) is 3.29. The summed E-state index contributed by atoms with van der Waals surface area (Å²) in [7, 11) is 2.57. The molecule has 0 saturated heterocycles. The molecule has 6 rings (SSSR count). The third-order valence-electron chi connectivity index (χ3n) is 9.77. The second kappa shape index (κ2) is 22.3. The third kappa shape index (κ3) is 11.3. The molecule has 4 aromatic rings. The van der Waals surface area contributed by atoms with Gasteiger partial charge >= 0.3 is 11.9 Å². The molecule has 0 heterocycles. The summed E-state index contributed by atoms with van der Waals surface area (Å²) >= 11 is 11.0. The van der Waals surface area contributed by atoms with Crippen LogP contribution in [0.5, 0.6) is 0 Å². The molecule has 0 atom stereocenters. The van der Waals surface area contributed by atoms with Crippen LogP contribution in [0, 0.1) is 0 Å². The fourth-order valence-electron chi connectivity index (χ4n) is 6.83. The Morgan fingerprint density at radius 2 is 0.781 bits per heavy atom. The number of fused-ring (bicyclic) bond motifs is 4. The molecule has 0 aromatic heterocycles. The van der Waals surface area contributed by atoms with Crippen LogP contribution < -0.4 is 26.6 Å². The van der Waals surface area contributed by atoms with Gasteiger partial charge in [-0.2, -0.15) is 0 Å². The van der Waals surface area contributed by atoms with Gasteiger partial charge in [-0.25, -0.2) is 0 Å². The van der Waals surface area contributed by atoms with Gasteiger partial charge in [0.15, 0.2) is 23.1 Å². The SMILES string of the molecule is COC(=O)CCCCC(=O)Nc1cccc2c1C(=O)c1cccc(NC(=O)CNCCC(=O)OC)c1C2=O.O=C(CCl)Nc1cccc2c1C(=O)c1cccc(NC(=O)CCl)c1C2=O. The molecular weight excluding hydrogens is 873 g/mol. The Morgan fingerprint density at radius 3 is 1.14 bits per heavy atom. The number of unbranched alkanes of at least 4 members (excludes halogenated alkanes) is 1. The summed E-state index contributed by atoms with van der Waals surface area (Å²) in [4.78, 5) is 123. The van der Waals surface area contributed by atoms with E-state index in [1.807, 2.05) is 0 Å². The van der Waals surface area contributed by atoms with E-state index in [0.29, 0.717) is 12.8 Å². The molecule has 0 radical (unpaired) electrons. The van der Waals surface area contributed by atoms with Crippen molar-refractivity contribution in [2.45, 2.75) is 32.1 Å². The third-order valence-corrected chi connectivity index (χ3v) is 10.3. The molecular formula is C45H41Cl2N5O12. The topological polar surface area (TPSA) is 249 Å². The van der Waals surface area contributed by atoms with E-state index in [0.717, 1.165) is 0 Å². The first kappa shape index (κ1) is 48.0. The summed E-state index contributed by atoms with van der Waals surface area (Å²) in [6, 6.07) is 18.3. The number of halogens is 2. The molecule has 2 aliphatic rings. The van der Waals surface area contributed by atoms with Crippen molar-refractivity contribution < 1.29 is 57.4 Å². The van der Waals surface area contributed by atoms with Crippen molar-refractivity contribution in [1.82, 2.24) is 5.32 Å². The van der Waals surface area contributed by atoms with Gasteiger partial charge < -0.3 is 36.1 Å². The highest BCUT2D eigenvalue weighted by Crippen LogP contribution is 2.37. The predicted octanol–water partition coefficient (Wildman–Crippen LogP) is 5.04. The van der Waals surface area contributed by atoms with Crippen LogP contribution in [0.3, 0.4) is 0 Å². The fourth-order valence-corrected chi connectivity index (χ4v) is 6.96. The standard InChI is InChI=1S/C27H29N3O8.C18H12Cl2N2O4/c1-37-22(33)12-4-3-11-20(31)29-18-9-5-7-16-24(18)26(35)17-8-6-10-19(25(17)27(16)36)30-21(32)15-28-14-13-23(34)38-2;19-7-13(23)21-11-5-1-3-9-15(11)18(26)10-4-2-6-12(16(10)17(9)25)22-14(24)8-20/h5-10,28H,3-4,11-15H2,1-2H3,(H,29,31)(H,30,32);1-6H,7-8H2,(H,21,23)(H,22,24). The van der Waals surface area contributed by atoms with Crippen molar-refractivity contribution in [3.8, 4) is 0 Å². The Bertz CT molecular complexity index is 2400. The number of hydrogen-bond acceptors (Lipinski definition) is 13. The van der Waals surface area contributed by atoms with E-state index in [1.165, 1.54) is 56.7 Å². The van der Waals surface area contributed by atoms with Gasteiger partial charge in [-0.05, 0) is 37.1 Å². The molecule has 0 saturated carbocycles. The highest BCUT2D eigenvalue weighted by atomic mass is 35.5. The number of amides is 4. The van der Waals surface area contributed by atoms with Crippen molar-refractivity contribution in [3.05, 3.63) is 117 Å². The van der Waals surface area contributed by atoms with Crippen molar-refractivity contribution >= 4 is 105 Å². The zero-order valence-electron chi connectivity index (χ0n) is 34.4. The molecule has 19 heteroatoms. The highest BCUT2D eigenvalue weighted by molar-refractivity contribution is 6.35. The zero-order valence-corrected chi connectivity index (χ0v) is 36.0. The minimum Gasteiger partial charge on any atom is -0.469 e. The molecule has 0 spiro atoms. The quantitative estimate of drug-likeness (QED) is 0.0486. The van der Waals surface area contributed by atoms with Gasteiger partial charge in [0.05, 0.1) is 72.2 Å². The number of alkyl halides is 2. The molecule has 0 unspecified atom stereocenters. The molecule has 4 amide bonds. The number of rotatable bonds is 16. The number of methoxy groups -OCH3 is 2. The van der Waals surface area contributed by atoms with Crippen LogP contribution in [0.1, 0.15) is 95.8 Å². The predicted molar refractivity (Wildman–Crippen MR) is 235 cm³/mol. The first-order valence-electron chi connectivity index (χ1n) is 19.6. The molecule has 5 N–H and O–H groups in total. The molecule has 17 nitrogen and oxygen atoms in total. The number of ketones is 4. The van der Waals surface area contributed by atoms with Gasteiger partial charge in [0, 0.05) is 41.6 Å². The molecule has 332 valence electrons. The van der Waals surface area contributed by atoms with Crippen molar-refractivity contribution in [2.75, 3.05) is 60.3 Å². The van der Waals surface area contributed by atoms with E-state index in [1.54, 1.807) is 30.3 Å². The van der Waals surface area contributed by atoms with Gasteiger partial charge in [0.25, 0.3) is 0 Å². The lowest BCUT2D eigenvalue weighted by Crippen LogP contribution is -2.31. The van der Waals surface area contributed by atoms with Crippen LogP contribution in [0.2, 0.25) is 0 Å². The summed E-state index contributed by atoms with van der Waals surface area (Å²) in [5.41, 5.74) is 1.70. The van der Waals surface area contributed by atoms with E-state index in [-0.39, 0.29) is 123 Å². The summed E-state index contributed by atoms with van der Waals surface area (Å²) < 4.78 is 9.12. The second-order valence-corrected chi connectivity index (χ2v) is 14.5. The van der Waals surface area contributed by atoms with Crippen LogP contribution in [0.25, 0.3) is 0 Å². The normalized spacial score (nSPS) is 11.9. The van der Waals surface area contributed by atoms with E-state index >= 15 is 0 Å². The first-order valence-corrected chi connectivity index (χ1v) is 20.7. The van der Waals surface area contributed by atoms with Gasteiger partial charge in [0.1, 0.15) is 11.8 Å². The number of ether oxygens (including phenoxy) is 2. The largest absolute Gasteiger partial charge is 0.469 e. The Kier molecular flexibility index (Phi) is 16.7. The number of esters is 2. The number of carbonyl (C=O) groups excluding carboxylic acids is 10. The fraction of sp³-hybridized carbons (Fsp3) is 0.244. The summed E-state index contributed by atoms with van der Waals surface area (Å²) in [5.74, 6) is -4.89. The smallest absolute Gasteiger partial charge is 0.306 e. The van der Waals surface area contributed by atoms with Crippen LogP contribution >= 0.6 is 23.2 Å². The lowest BCUT2D eigenvalue weighted by atomic mass is 9.82. The molecule has 2 aliphatic carbocycles. The number of anilines is 4. The number of carbonyl (C=O) groups is 10. The lowest BCUT2D eigenvalue weighted by Gasteiger charge is -2.22. The monoisotopic (exact) mass is 913 g/mol. The Morgan fingerprint density at radius 1 is 0.453 bits per heavy atom. The highest BCUT2D eigenvalue weighted by Gasteiger charge is 2.35. The molecule has 64 heavy (non-hydrogen) atoms. The van der Waals surface area contributed by atoms with Crippen molar-refractivity contribution in [3.63, 3.8) is 0 Å². The van der Waals surface area contributed by atoms with E-state index in [2.05, 4.69) is 36.1 Å². The maximum absolute atomic E-state index is 13.4. The lowest BCUT2D eigenvalue weighted by molar-refractivity contribution is -0.141. The Balaban J connectivity index is 0.000000258. The second-order valence-electron chi connectivity index (χ2n) is 14.0. The molecule has 0 bridgehead atoms. The summed E-state index contributed by atoms with van der Waals surface area (Å²) in [6.45, 7) is 0.118. The van der Waals surface area contributed by atoms with Crippen LogP contribution in [0.15, 0.2) is 72.8 Å². The van der Waals surface area contributed by atoms with Gasteiger partial charge in [-0.1, -0.05) is 48.5 Å². The molecule has 4 aromatic carbocycles. The van der Waals surface area contributed by atoms with Gasteiger partial charge in [-0.15, -0.1) is 23.2 Å². The van der Waals surface area contributed by atoms with Crippen LogP contribution in [-0.2, 0) is 38.2 Å². The summed E-state index contributed by atoms with van der Waals surface area (Å²) in [6.07, 6.45) is 1.36. The first-order chi connectivity index (χ1) is 30.7. The van der Waals surface area contributed by atoms with Gasteiger partial charge in [0.2, 0.25) is 23.6 Å². The van der Waals surface area contributed by atoms with E-state index in [9.17, 15) is 47.9 Å². The summed E-state index contributed by atoms with van der Waals surface area (Å²) in [5, 5.41) is 13.2. The molecule has 0 aliphatic heterocycles. The number of nitrogens with one attached hydrogen (secondary N) is 5. The zero-order chi connectivity index (χ0) is 46.5. The molecule has 0 fully saturated rings.